The van der Waals surface area contributed by atoms with Crippen molar-refractivity contribution in [1.82, 2.24) is 0 Å². The van der Waals surface area contributed by atoms with E-state index in [1.54, 1.807) is 42.5 Å². The van der Waals surface area contributed by atoms with E-state index in [2.05, 4.69) is 4.18 Å². The summed E-state index contributed by atoms with van der Waals surface area (Å²) < 4.78 is 133. The molecule has 204 valence electrons. The lowest BCUT2D eigenvalue weighted by atomic mass is 10.1. The summed E-state index contributed by atoms with van der Waals surface area (Å²) in [6.07, 6.45) is 1.33. The van der Waals surface area contributed by atoms with Gasteiger partial charge < -0.3 is 13.5 Å². The first kappa shape index (κ1) is 30.3. The molecule has 0 aromatic heterocycles. The van der Waals surface area contributed by atoms with Gasteiger partial charge in [0.25, 0.3) is 0 Å². The highest BCUT2D eigenvalue weighted by Crippen LogP contribution is 2.30. The molecular formula is C21H19F6NO7S2. The molecule has 1 aliphatic heterocycles. The van der Waals surface area contributed by atoms with Crippen molar-refractivity contribution in [3.63, 3.8) is 0 Å². The molecule has 37 heavy (non-hydrogen) atoms. The fourth-order valence-electron chi connectivity index (χ4n) is 2.82. The Bertz CT molecular complexity index is 1310. The van der Waals surface area contributed by atoms with Gasteiger partial charge in [0.15, 0.2) is 29.0 Å². The van der Waals surface area contributed by atoms with E-state index in [0.717, 1.165) is 5.56 Å². The number of morpholine rings is 1. The minimum Gasteiger partial charge on any atom is -0.741 e. The lowest BCUT2D eigenvalue weighted by molar-refractivity contribution is -0.548. The number of benzene rings is 2. The Balaban J connectivity index is 0.000000521. The number of ether oxygens (including phenoxy) is 1. The maximum Gasteiger partial charge on any atom is 0.534 e. The summed E-state index contributed by atoms with van der Waals surface area (Å²) in [5, 5.41) is 0. The quantitative estimate of drug-likeness (QED) is 0.134. The van der Waals surface area contributed by atoms with Crippen molar-refractivity contribution in [2.75, 3.05) is 26.3 Å². The second kappa shape index (κ2) is 12.1. The van der Waals surface area contributed by atoms with Crippen LogP contribution in [0.2, 0.25) is 0 Å². The lowest BCUT2D eigenvalue weighted by Crippen LogP contribution is -2.33. The Morgan fingerprint density at radius 1 is 0.811 bits per heavy atom. The van der Waals surface area contributed by atoms with Crippen LogP contribution in [-0.4, -0.2) is 69.0 Å². The molecule has 1 aliphatic rings. The molecule has 0 atom stereocenters. The van der Waals surface area contributed by atoms with Crippen LogP contribution in [0.3, 0.4) is 0 Å². The Kier molecular flexibility index (Phi) is 9.87. The third-order valence-electron chi connectivity index (χ3n) is 4.51. The summed E-state index contributed by atoms with van der Waals surface area (Å²) in [6.45, 7) is 1.92. The van der Waals surface area contributed by atoms with E-state index in [1.165, 1.54) is 18.2 Å². The molecule has 0 N–H and O–H groups in total. The van der Waals surface area contributed by atoms with E-state index in [0.29, 0.717) is 32.0 Å². The standard InChI is InChI=1S/C20H19F3NO4S.CHF3O3S/c21-20(22,23)29(25,26)28-19(17-9-5-2-6-10-17)15-18(16-7-3-1-4-8-16)24-11-13-27-14-12-24;2-1(3,4)8(5,6)7/h1-10,15H,11-14H2;(H,5,6,7)/q+1;/p-1/b19-15+;. The first-order chi connectivity index (χ1) is 17.0. The molecule has 0 unspecified atom stereocenters. The van der Waals surface area contributed by atoms with Crippen LogP contribution in [0.1, 0.15) is 11.1 Å². The van der Waals surface area contributed by atoms with Crippen LogP contribution in [0.15, 0.2) is 66.7 Å². The maximum absolute atomic E-state index is 13.0. The van der Waals surface area contributed by atoms with E-state index in [9.17, 15) is 34.8 Å². The summed E-state index contributed by atoms with van der Waals surface area (Å²) in [7, 11) is -11.9. The highest BCUT2D eigenvalue weighted by molar-refractivity contribution is 7.87. The van der Waals surface area contributed by atoms with Crippen LogP contribution >= 0.6 is 0 Å². The molecule has 1 saturated heterocycles. The first-order valence-corrected chi connectivity index (χ1v) is 12.9. The van der Waals surface area contributed by atoms with Crippen LogP contribution in [-0.2, 0) is 29.2 Å². The van der Waals surface area contributed by atoms with Crippen molar-refractivity contribution < 1.29 is 61.2 Å². The topological polar surface area (TPSA) is 113 Å². The molecule has 0 amide bonds. The fourth-order valence-corrected chi connectivity index (χ4v) is 3.29. The summed E-state index contributed by atoms with van der Waals surface area (Å²) in [6, 6.07) is 16.8. The van der Waals surface area contributed by atoms with Gasteiger partial charge in [-0.2, -0.15) is 34.8 Å². The van der Waals surface area contributed by atoms with Gasteiger partial charge in [-0.25, -0.2) is 13.0 Å². The van der Waals surface area contributed by atoms with Crippen molar-refractivity contribution >= 4 is 31.7 Å². The fraction of sp³-hybridized carbons (Fsp3) is 0.286. The smallest absolute Gasteiger partial charge is 0.534 e. The molecule has 0 radical (unpaired) electrons. The van der Waals surface area contributed by atoms with Gasteiger partial charge in [-0.05, 0) is 12.1 Å². The average Bonchev–Trinajstić information content (AvgIpc) is 2.82. The number of alkyl halides is 6. The van der Waals surface area contributed by atoms with E-state index in [1.807, 2.05) is 10.6 Å². The number of hydrogen-bond donors (Lipinski definition) is 0. The molecule has 1 heterocycles. The summed E-state index contributed by atoms with van der Waals surface area (Å²) in [5.41, 5.74) is -9.71. The predicted octanol–water partition coefficient (Wildman–Crippen LogP) is 3.48. The second-order valence-corrected chi connectivity index (χ2v) is 10.0. The zero-order valence-corrected chi connectivity index (χ0v) is 20.2. The van der Waals surface area contributed by atoms with E-state index in [4.69, 9.17) is 17.7 Å². The average molecular weight is 576 g/mol. The molecule has 0 spiro atoms. The Labute approximate surface area is 208 Å². The van der Waals surface area contributed by atoms with E-state index >= 15 is 0 Å². The largest absolute Gasteiger partial charge is 0.741 e. The van der Waals surface area contributed by atoms with E-state index < -0.39 is 37.0 Å². The number of allylic oxidation sites excluding steroid dienone is 1. The molecule has 16 heteroatoms. The molecule has 2 aromatic carbocycles. The van der Waals surface area contributed by atoms with Crippen molar-refractivity contribution in [3.8, 4) is 0 Å². The Morgan fingerprint density at radius 2 is 1.24 bits per heavy atom. The number of rotatable bonds is 5. The van der Waals surface area contributed by atoms with Gasteiger partial charge in [-0.15, -0.1) is 0 Å². The minimum atomic E-state index is -6.09. The summed E-state index contributed by atoms with van der Waals surface area (Å²) in [4.78, 5) is 0. The minimum absolute atomic E-state index is 0.210. The van der Waals surface area contributed by atoms with Gasteiger partial charge in [-0.3, -0.25) is 0 Å². The van der Waals surface area contributed by atoms with Crippen LogP contribution in [0.4, 0.5) is 26.3 Å². The molecule has 2 aromatic rings. The summed E-state index contributed by atoms with van der Waals surface area (Å²) in [5.74, 6) is -0.409. The molecular weight excluding hydrogens is 556 g/mol. The van der Waals surface area contributed by atoms with Crippen LogP contribution in [0, 0.1) is 0 Å². The van der Waals surface area contributed by atoms with Crippen molar-refractivity contribution in [1.29, 1.82) is 0 Å². The zero-order chi connectivity index (χ0) is 27.9. The molecule has 8 nitrogen and oxygen atoms in total. The maximum atomic E-state index is 13.0. The third kappa shape index (κ3) is 8.84. The highest BCUT2D eigenvalue weighted by atomic mass is 32.2. The van der Waals surface area contributed by atoms with Gasteiger partial charge in [0.2, 0.25) is 5.71 Å². The van der Waals surface area contributed by atoms with E-state index in [-0.39, 0.29) is 5.56 Å². The van der Waals surface area contributed by atoms with Crippen LogP contribution < -0.4 is 0 Å². The lowest BCUT2D eigenvalue weighted by Gasteiger charge is -2.16. The van der Waals surface area contributed by atoms with Crippen molar-refractivity contribution in [3.05, 3.63) is 77.9 Å². The normalized spacial score (nSPS) is 15.4. The molecule has 0 saturated carbocycles. The Hall–Kier alpha value is -2.95. The van der Waals surface area contributed by atoms with Crippen molar-refractivity contribution in [2.45, 2.75) is 11.0 Å². The highest BCUT2D eigenvalue weighted by Gasteiger charge is 2.49. The van der Waals surface area contributed by atoms with Crippen LogP contribution in [0.25, 0.3) is 5.76 Å². The predicted molar refractivity (Wildman–Crippen MR) is 118 cm³/mol. The SMILES string of the molecule is O=S(=O)(O/C(=C/C(c1ccccc1)=[N+]1CCOCC1)c1ccccc1)C(F)(F)F.O=S(=O)([O-])C(F)(F)F. The van der Waals surface area contributed by atoms with Gasteiger partial charge in [0.1, 0.15) is 13.2 Å². The second-order valence-electron chi connectivity index (χ2n) is 7.11. The molecule has 3 rings (SSSR count). The van der Waals surface area contributed by atoms with Gasteiger partial charge >= 0.3 is 21.1 Å². The molecule has 1 fully saturated rings. The van der Waals surface area contributed by atoms with Gasteiger partial charge in [-0.1, -0.05) is 48.5 Å². The number of halogens is 6. The van der Waals surface area contributed by atoms with Crippen LogP contribution in [0.5, 0.6) is 0 Å². The molecule has 0 bridgehead atoms. The zero-order valence-electron chi connectivity index (χ0n) is 18.6. The van der Waals surface area contributed by atoms with Crippen molar-refractivity contribution in [2.24, 2.45) is 0 Å². The monoisotopic (exact) mass is 575 g/mol. The first-order valence-electron chi connectivity index (χ1n) is 10.1. The summed E-state index contributed by atoms with van der Waals surface area (Å²) >= 11 is 0. The number of hydrogen-bond acceptors (Lipinski definition) is 7. The molecule has 0 aliphatic carbocycles. The van der Waals surface area contributed by atoms with Gasteiger partial charge in [0.05, 0.1) is 6.08 Å². The third-order valence-corrected chi connectivity index (χ3v) is 6.05. The van der Waals surface area contributed by atoms with Gasteiger partial charge in [0, 0.05) is 11.1 Å². The number of nitrogens with zero attached hydrogens (tertiary/aromatic N) is 1. The Morgan fingerprint density at radius 3 is 1.65 bits per heavy atom.